The van der Waals surface area contributed by atoms with E-state index in [1.54, 1.807) is 11.8 Å². The first-order valence-electron chi connectivity index (χ1n) is 6.46. The van der Waals surface area contributed by atoms with Crippen molar-refractivity contribution in [2.75, 3.05) is 0 Å². The van der Waals surface area contributed by atoms with Crippen LogP contribution in [0.4, 0.5) is 0 Å². The van der Waals surface area contributed by atoms with Gasteiger partial charge in [0.1, 0.15) is 0 Å². The van der Waals surface area contributed by atoms with Gasteiger partial charge < -0.3 is 10.3 Å². The maximum absolute atomic E-state index is 6.26. The summed E-state index contributed by atoms with van der Waals surface area (Å²) in [5.74, 6) is 2.47. The maximum atomic E-state index is 6.26. The van der Waals surface area contributed by atoms with Crippen LogP contribution in [0.3, 0.4) is 0 Å². The molecular formula is C14H17N3OS. The van der Waals surface area contributed by atoms with E-state index >= 15 is 0 Å². The second kappa shape index (κ2) is 4.98. The molecule has 1 unspecified atom stereocenters. The lowest BCUT2D eigenvalue weighted by Gasteiger charge is -2.18. The number of hydrogen-bond acceptors (Lipinski definition) is 5. The molecule has 3 rings (SSSR count). The van der Waals surface area contributed by atoms with Crippen molar-refractivity contribution in [2.45, 2.75) is 36.0 Å². The predicted octanol–water partition coefficient (Wildman–Crippen LogP) is 2.95. The van der Waals surface area contributed by atoms with Crippen molar-refractivity contribution in [3.05, 3.63) is 42.0 Å². The molecular weight excluding hydrogens is 258 g/mol. The summed E-state index contributed by atoms with van der Waals surface area (Å²) in [5, 5.41) is 4.02. The lowest BCUT2D eigenvalue weighted by atomic mass is 9.97. The third kappa shape index (κ3) is 2.82. The molecule has 1 fully saturated rings. The highest BCUT2D eigenvalue weighted by molar-refractivity contribution is 7.98. The normalized spacial score (nSPS) is 18.2. The number of thioether (sulfide) groups is 1. The zero-order valence-electron chi connectivity index (χ0n) is 10.9. The molecule has 19 heavy (non-hydrogen) atoms. The van der Waals surface area contributed by atoms with E-state index in [9.17, 15) is 0 Å². The van der Waals surface area contributed by atoms with Crippen LogP contribution < -0.4 is 5.73 Å². The summed E-state index contributed by atoms with van der Waals surface area (Å²) in [4.78, 5) is 5.64. The van der Waals surface area contributed by atoms with E-state index in [1.165, 1.54) is 4.90 Å². The number of benzene rings is 1. The van der Waals surface area contributed by atoms with Crippen molar-refractivity contribution >= 4 is 11.8 Å². The Balaban J connectivity index is 1.65. The maximum Gasteiger partial charge on any atom is 0.246 e. The van der Waals surface area contributed by atoms with E-state index in [-0.39, 0.29) is 0 Å². The molecule has 0 radical (unpaired) electrons. The van der Waals surface area contributed by atoms with Gasteiger partial charge in [0.15, 0.2) is 5.82 Å². The fourth-order valence-corrected chi connectivity index (χ4v) is 2.82. The summed E-state index contributed by atoms with van der Waals surface area (Å²) in [5.41, 5.74) is 5.79. The molecule has 4 nitrogen and oxygen atoms in total. The van der Waals surface area contributed by atoms with Crippen LogP contribution in [0, 0.1) is 5.92 Å². The largest absolute Gasteiger partial charge is 0.337 e. The number of rotatable bonds is 5. The molecule has 2 N–H and O–H groups in total. The molecule has 1 aromatic heterocycles. The van der Waals surface area contributed by atoms with Crippen molar-refractivity contribution < 1.29 is 4.52 Å². The van der Waals surface area contributed by atoms with Crippen molar-refractivity contribution in [1.29, 1.82) is 0 Å². The summed E-state index contributed by atoms with van der Waals surface area (Å²) in [6, 6.07) is 10.2. The van der Waals surface area contributed by atoms with E-state index in [4.69, 9.17) is 10.3 Å². The Labute approximate surface area is 116 Å². The molecule has 0 bridgehead atoms. The van der Waals surface area contributed by atoms with Gasteiger partial charge in [0.05, 0.1) is 11.3 Å². The lowest BCUT2D eigenvalue weighted by molar-refractivity contribution is 0.272. The molecule has 100 valence electrons. The van der Waals surface area contributed by atoms with Crippen LogP contribution in [0.2, 0.25) is 0 Å². The van der Waals surface area contributed by atoms with Gasteiger partial charge in [-0.15, -0.1) is 11.8 Å². The number of aromatic nitrogens is 2. The molecule has 0 amide bonds. The molecule has 5 heteroatoms. The average molecular weight is 275 g/mol. The molecule has 0 spiro atoms. The van der Waals surface area contributed by atoms with Crippen LogP contribution in [0.25, 0.3) is 0 Å². The van der Waals surface area contributed by atoms with Crippen LogP contribution in [0.15, 0.2) is 39.8 Å². The molecule has 2 aromatic rings. The Morgan fingerprint density at radius 2 is 2.11 bits per heavy atom. The van der Waals surface area contributed by atoms with Crippen LogP contribution in [0.1, 0.15) is 31.5 Å². The quantitative estimate of drug-likeness (QED) is 0.850. The zero-order valence-corrected chi connectivity index (χ0v) is 11.7. The SMILES string of the molecule is CC(N)(c1nc(CSc2ccccc2)no1)C1CC1. The van der Waals surface area contributed by atoms with Crippen molar-refractivity contribution in [1.82, 2.24) is 10.1 Å². The van der Waals surface area contributed by atoms with E-state index in [0.29, 0.717) is 23.4 Å². The Hall–Kier alpha value is -1.33. The van der Waals surface area contributed by atoms with Gasteiger partial charge in [-0.05, 0) is 37.8 Å². The second-order valence-corrected chi connectivity index (χ2v) is 6.22. The van der Waals surface area contributed by atoms with Gasteiger partial charge >= 0.3 is 0 Å². The molecule has 1 heterocycles. The minimum absolute atomic E-state index is 0.470. The fraction of sp³-hybridized carbons (Fsp3) is 0.429. The summed E-state index contributed by atoms with van der Waals surface area (Å²) in [7, 11) is 0. The Kier molecular flexibility index (Phi) is 3.33. The topological polar surface area (TPSA) is 64.9 Å². The highest BCUT2D eigenvalue weighted by atomic mass is 32.2. The van der Waals surface area contributed by atoms with Crippen LogP contribution in [0.5, 0.6) is 0 Å². The van der Waals surface area contributed by atoms with Crippen molar-refractivity contribution in [2.24, 2.45) is 11.7 Å². The summed E-state index contributed by atoms with van der Waals surface area (Å²) >= 11 is 1.70. The molecule has 1 aromatic carbocycles. The first kappa shape index (κ1) is 12.7. The molecule has 1 aliphatic rings. The number of nitrogens with two attached hydrogens (primary N) is 1. The van der Waals surface area contributed by atoms with E-state index in [1.807, 2.05) is 25.1 Å². The van der Waals surface area contributed by atoms with Crippen molar-refractivity contribution in [3.8, 4) is 0 Å². The summed E-state index contributed by atoms with van der Waals surface area (Å²) in [6.07, 6.45) is 2.31. The standard InChI is InChI=1S/C14H17N3OS/c1-14(15,10-7-8-10)13-16-12(17-18-13)9-19-11-5-3-2-4-6-11/h2-6,10H,7-9,15H2,1H3. The minimum atomic E-state index is -0.470. The first-order chi connectivity index (χ1) is 9.16. The lowest BCUT2D eigenvalue weighted by Crippen LogP contribution is -2.35. The highest BCUT2D eigenvalue weighted by Gasteiger charge is 2.43. The highest BCUT2D eigenvalue weighted by Crippen LogP contribution is 2.43. The molecule has 0 aliphatic heterocycles. The third-order valence-electron chi connectivity index (χ3n) is 3.47. The van der Waals surface area contributed by atoms with Crippen molar-refractivity contribution in [3.63, 3.8) is 0 Å². The monoisotopic (exact) mass is 275 g/mol. The Morgan fingerprint density at radius 3 is 2.79 bits per heavy atom. The molecule has 0 saturated heterocycles. The summed E-state index contributed by atoms with van der Waals surface area (Å²) in [6.45, 7) is 1.98. The van der Waals surface area contributed by atoms with Gasteiger partial charge in [0, 0.05) is 4.90 Å². The Morgan fingerprint density at radius 1 is 1.37 bits per heavy atom. The van der Waals surface area contributed by atoms with Crippen LogP contribution in [-0.4, -0.2) is 10.1 Å². The predicted molar refractivity (Wildman–Crippen MR) is 74.6 cm³/mol. The third-order valence-corrected chi connectivity index (χ3v) is 4.47. The van der Waals surface area contributed by atoms with Crippen LogP contribution in [-0.2, 0) is 11.3 Å². The van der Waals surface area contributed by atoms with E-state index in [2.05, 4.69) is 22.3 Å². The van der Waals surface area contributed by atoms with Gasteiger partial charge in [0.2, 0.25) is 5.89 Å². The van der Waals surface area contributed by atoms with Gasteiger partial charge in [-0.2, -0.15) is 4.98 Å². The zero-order chi connectivity index (χ0) is 13.3. The first-order valence-corrected chi connectivity index (χ1v) is 7.44. The van der Waals surface area contributed by atoms with Gasteiger partial charge in [-0.3, -0.25) is 0 Å². The van der Waals surface area contributed by atoms with Gasteiger partial charge in [-0.25, -0.2) is 0 Å². The smallest absolute Gasteiger partial charge is 0.246 e. The summed E-state index contributed by atoms with van der Waals surface area (Å²) < 4.78 is 5.32. The molecule has 1 atom stereocenters. The second-order valence-electron chi connectivity index (χ2n) is 5.17. The fourth-order valence-electron chi connectivity index (χ4n) is 2.05. The number of nitrogens with zero attached hydrogens (tertiary/aromatic N) is 2. The molecule has 1 aliphatic carbocycles. The Bertz CT molecular complexity index is 549. The van der Waals surface area contributed by atoms with Gasteiger partial charge in [-0.1, -0.05) is 23.4 Å². The van der Waals surface area contributed by atoms with E-state index < -0.39 is 5.54 Å². The minimum Gasteiger partial charge on any atom is -0.337 e. The van der Waals surface area contributed by atoms with Crippen LogP contribution >= 0.6 is 11.8 Å². The van der Waals surface area contributed by atoms with Gasteiger partial charge in [0.25, 0.3) is 0 Å². The average Bonchev–Trinajstić information content (AvgIpc) is 3.17. The van der Waals surface area contributed by atoms with E-state index in [0.717, 1.165) is 12.8 Å². The number of hydrogen-bond donors (Lipinski definition) is 1. The molecule has 1 saturated carbocycles.